The number of piperidine rings is 1. The summed E-state index contributed by atoms with van der Waals surface area (Å²) in [5, 5.41) is 4.42. The van der Waals surface area contributed by atoms with E-state index in [1.165, 1.54) is 12.8 Å². The summed E-state index contributed by atoms with van der Waals surface area (Å²) in [6.45, 7) is 1.46. The van der Waals surface area contributed by atoms with Gasteiger partial charge in [-0.3, -0.25) is 9.78 Å². The number of amides is 1. The van der Waals surface area contributed by atoms with Crippen LogP contribution in [0.3, 0.4) is 0 Å². The van der Waals surface area contributed by atoms with Gasteiger partial charge in [-0.05, 0) is 61.4 Å². The number of methoxy groups -OCH3 is 1. The fraction of sp³-hybridized carbons (Fsp3) is 0.462. The Morgan fingerprint density at radius 1 is 1.18 bits per heavy atom. The molecular weight excluding hydrogens is 416 g/mol. The maximum absolute atomic E-state index is 13.2. The highest BCUT2D eigenvalue weighted by Crippen LogP contribution is 2.46. The number of pyridine rings is 1. The van der Waals surface area contributed by atoms with Crippen LogP contribution in [0.4, 0.5) is 0 Å². The smallest absolute Gasteiger partial charge is 0.258 e. The van der Waals surface area contributed by atoms with E-state index < -0.39 is 0 Å². The first-order valence-corrected chi connectivity index (χ1v) is 11.8. The molecule has 33 heavy (non-hydrogen) atoms. The predicted molar refractivity (Wildman–Crippen MR) is 124 cm³/mol. The highest BCUT2D eigenvalue weighted by Gasteiger charge is 2.45. The van der Waals surface area contributed by atoms with Gasteiger partial charge in [0.25, 0.3) is 5.89 Å². The van der Waals surface area contributed by atoms with Crippen LogP contribution in [0.2, 0.25) is 0 Å². The number of hydrogen-bond acceptors (Lipinski definition) is 6. The van der Waals surface area contributed by atoms with E-state index in [2.05, 4.69) is 10.1 Å². The van der Waals surface area contributed by atoms with Gasteiger partial charge in [0.15, 0.2) is 5.82 Å². The highest BCUT2D eigenvalue weighted by atomic mass is 16.5. The van der Waals surface area contributed by atoms with Gasteiger partial charge in [-0.25, -0.2) is 0 Å². The summed E-state index contributed by atoms with van der Waals surface area (Å²) in [5.74, 6) is 2.99. The van der Waals surface area contributed by atoms with Gasteiger partial charge < -0.3 is 14.2 Å². The molecular formula is C26H30N4O3. The van der Waals surface area contributed by atoms with Crippen molar-refractivity contribution in [1.82, 2.24) is 20.0 Å². The van der Waals surface area contributed by atoms with Crippen molar-refractivity contribution >= 4 is 5.91 Å². The average Bonchev–Trinajstić information content (AvgIpc) is 3.53. The van der Waals surface area contributed by atoms with E-state index in [1.54, 1.807) is 19.5 Å². The normalized spacial score (nSPS) is 20.6. The second-order valence-electron chi connectivity index (χ2n) is 9.35. The minimum atomic E-state index is -0.232. The Hall–Kier alpha value is -3.22. The molecule has 1 unspecified atom stereocenters. The first-order chi connectivity index (χ1) is 16.1. The van der Waals surface area contributed by atoms with Crippen molar-refractivity contribution in [2.24, 2.45) is 5.92 Å². The maximum atomic E-state index is 13.2. The third-order valence-corrected chi connectivity index (χ3v) is 6.92. The van der Waals surface area contributed by atoms with Crippen LogP contribution in [0.1, 0.15) is 49.9 Å². The Bertz CT molecular complexity index is 1080. The van der Waals surface area contributed by atoms with E-state index >= 15 is 0 Å². The van der Waals surface area contributed by atoms with Crippen molar-refractivity contribution in [1.29, 1.82) is 0 Å². The number of nitrogens with zero attached hydrogens (tertiary/aromatic N) is 4. The Morgan fingerprint density at radius 3 is 2.70 bits per heavy atom. The molecule has 1 saturated carbocycles. The summed E-state index contributed by atoms with van der Waals surface area (Å²) in [6.07, 6.45) is 10.1. The number of hydrogen-bond donors (Lipinski definition) is 0. The standard InChI is InChI=1S/C26H30N4O3/c1-32-22-8-5-19(6-9-22)7-10-23(31)30-16-2-13-26(18-30,17-20-3-4-20)25-28-24(33-29-25)21-11-14-27-15-12-21/h5-6,8-9,11-12,14-15,20H,2-4,7,10,13,16-18H2,1H3. The zero-order chi connectivity index (χ0) is 22.7. The first-order valence-electron chi connectivity index (χ1n) is 11.8. The molecule has 7 heteroatoms. The lowest BCUT2D eigenvalue weighted by atomic mass is 9.74. The lowest BCUT2D eigenvalue weighted by molar-refractivity contribution is -0.133. The molecule has 0 spiro atoms. The molecule has 172 valence electrons. The molecule has 3 aromatic rings. The van der Waals surface area contributed by atoms with Gasteiger partial charge in [-0.1, -0.05) is 30.1 Å². The second-order valence-corrected chi connectivity index (χ2v) is 9.35. The van der Waals surface area contributed by atoms with Gasteiger partial charge in [0.1, 0.15) is 5.75 Å². The maximum Gasteiger partial charge on any atom is 0.258 e. The van der Waals surface area contributed by atoms with Crippen molar-refractivity contribution in [3.63, 3.8) is 0 Å². The largest absolute Gasteiger partial charge is 0.497 e. The Labute approximate surface area is 194 Å². The van der Waals surface area contributed by atoms with Crippen LogP contribution in [0.5, 0.6) is 5.75 Å². The monoisotopic (exact) mass is 446 g/mol. The molecule has 0 bridgehead atoms. The summed E-state index contributed by atoms with van der Waals surface area (Å²) < 4.78 is 10.9. The summed E-state index contributed by atoms with van der Waals surface area (Å²) in [4.78, 5) is 24.1. The molecule has 0 N–H and O–H groups in total. The molecule has 7 nitrogen and oxygen atoms in total. The summed E-state index contributed by atoms with van der Waals surface area (Å²) >= 11 is 0. The van der Waals surface area contributed by atoms with E-state index in [0.29, 0.717) is 24.8 Å². The predicted octanol–water partition coefficient (Wildman–Crippen LogP) is 4.43. The quantitative estimate of drug-likeness (QED) is 0.509. The van der Waals surface area contributed by atoms with Gasteiger partial charge in [0.05, 0.1) is 12.5 Å². The van der Waals surface area contributed by atoms with Gasteiger partial charge in [-0.2, -0.15) is 4.98 Å². The van der Waals surface area contributed by atoms with Crippen LogP contribution in [-0.2, 0) is 16.6 Å². The van der Waals surface area contributed by atoms with Crippen LogP contribution in [0.15, 0.2) is 53.3 Å². The third-order valence-electron chi connectivity index (χ3n) is 6.92. The van der Waals surface area contributed by atoms with E-state index in [4.69, 9.17) is 14.2 Å². The van der Waals surface area contributed by atoms with Crippen molar-refractivity contribution in [2.75, 3.05) is 20.2 Å². The van der Waals surface area contributed by atoms with Crippen molar-refractivity contribution in [3.8, 4) is 17.2 Å². The van der Waals surface area contributed by atoms with E-state index in [1.807, 2.05) is 41.3 Å². The van der Waals surface area contributed by atoms with Crippen LogP contribution in [0, 0.1) is 5.92 Å². The minimum absolute atomic E-state index is 0.198. The first kappa shape index (κ1) is 21.6. The molecule has 1 amide bonds. The number of aryl methyl sites for hydroxylation is 1. The lowest BCUT2D eigenvalue weighted by Crippen LogP contribution is -2.49. The zero-order valence-corrected chi connectivity index (χ0v) is 19.1. The van der Waals surface area contributed by atoms with Crippen molar-refractivity contribution in [2.45, 2.75) is 50.4 Å². The second kappa shape index (κ2) is 9.33. The SMILES string of the molecule is COc1ccc(CCC(=O)N2CCCC(CC3CC3)(c3noc(-c4ccncc4)n3)C2)cc1. The molecule has 2 aliphatic rings. The fourth-order valence-electron chi connectivity index (χ4n) is 4.91. The number of carbonyl (C=O) groups is 1. The molecule has 2 fully saturated rings. The molecule has 1 atom stereocenters. The lowest BCUT2D eigenvalue weighted by Gasteiger charge is -2.41. The Kier molecular flexibility index (Phi) is 6.11. The number of rotatable bonds is 8. The average molecular weight is 447 g/mol. The number of aromatic nitrogens is 3. The third kappa shape index (κ3) is 4.92. The number of benzene rings is 1. The summed E-state index contributed by atoms with van der Waals surface area (Å²) in [5.41, 5.74) is 1.78. The molecule has 1 saturated heterocycles. The van der Waals surface area contributed by atoms with Gasteiger partial charge in [-0.15, -0.1) is 0 Å². The number of carbonyl (C=O) groups excluding carboxylic acids is 1. The van der Waals surface area contributed by atoms with Gasteiger partial charge in [0.2, 0.25) is 5.91 Å². The Morgan fingerprint density at radius 2 is 1.97 bits per heavy atom. The molecule has 1 aliphatic carbocycles. The van der Waals surface area contributed by atoms with Crippen LogP contribution < -0.4 is 4.74 Å². The van der Waals surface area contributed by atoms with Crippen molar-refractivity contribution < 1.29 is 14.1 Å². The minimum Gasteiger partial charge on any atom is -0.497 e. The summed E-state index contributed by atoms with van der Waals surface area (Å²) in [6, 6.07) is 11.7. The zero-order valence-electron chi connectivity index (χ0n) is 19.1. The van der Waals surface area contributed by atoms with Gasteiger partial charge >= 0.3 is 0 Å². The number of likely N-dealkylation sites (tertiary alicyclic amines) is 1. The van der Waals surface area contributed by atoms with Crippen LogP contribution >= 0.6 is 0 Å². The van der Waals surface area contributed by atoms with Crippen molar-refractivity contribution in [3.05, 3.63) is 60.2 Å². The molecule has 5 rings (SSSR count). The van der Waals surface area contributed by atoms with Crippen LogP contribution in [-0.4, -0.2) is 46.1 Å². The molecule has 2 aromatic heterocycles. The summed E-state index contributed by atoms with van der Waals surface area (Å²) in [7, 11) is 1.66. The molecule has 0 radical (unpaired) electrons. The Balaban J connectivity index is 1.30. The fourth-order valence-corrected chi connectivity index (χ4v) is 4.91. The molecule has 3 heterocycles. The van der Waals surface area contributed by atoms with E-state index in [-0.39, 0.29) is 11.3 Å². The molecule has 1 aromatic carbocycles. The van der Waals surface area contributed by atoms with Crippen LogP contribution in [0.25, 0.3) is 11.5 Å². The highest BCUT2D eigenvalue weighted by molar-refractivity contribution is 5.76. The number of ether oxygens (including phenoxy) is 1. The van der Waals surface area contributed by atoms with Gasteiger partial charge in [0, 0.05) is 37.5 Å². The topological polar surface area (TPSA) is 81.4 Å². The van der Waals surface area contributed by atoms with E-state index in [0.717, 1.165) is 54.9 Å². The molecule has 1 aliphatic heterocycles. The van der Waals surface area contributed by atoms with E-state index in [9.17, 15) is 4.79 Å².